The van der Waals surface area contributed by atoms with Gasteiger partial charge in [0.05, 0.1) is 16.8 Å². The number of nitrogens with zero attached hydrogens (tertiary/aromatic N) is 2. The number of aromatic nitrogens is 1. The van der Waals surface area contributed by atoms with Gasteiger partial charge in [-0.05, 0) is 42.5 Å². The Labute approximate surface area is 171 Å². The molecule has 2 aromatic carbocycles. The Morgan fingerprint density at radius 3 is 2.67 bits per heavy atom. The van der Waals surface area contributed by atoms with Gasteiger partial charge in [-0.1, -0.05) is 36.8 Å². The molecule has 27 heavy (non-hydrogen) atoms. The minimum atomic E-state index is -0.250. The Morgan fingerprint density at radius 1 is 1.26 bits per heavy atom. The van der Waals surface area contributed by atoms with Gasteiger partial charge in [-0.2, -0.15) is 4.99 Å². The summed E-state index contributed by atoms with van der Waals surface area (Å²) in [4.78, 5) is 18.9. The Bertz CT molecular complexity index is 1010. The van der Waals surface area contributed by atoms with E-state index in [2.05, 4.69) is 18.8 Å². The molecule has 1 heterocycles. The minimum absolute atomic E-state index is 0.250. The highest BCUT2D eigenvalue weighted by Crippen LogP contribution is 2.24. The molecule has 3 aromatic rings. The maximum absolute atomic E-state index is 12.7. The van der Waals surface area contributed by atoms with E-state index in [1.807, 2.05) is 47.0 Å². The summed E-state index contributed by atoms with van der Waals surface area (Å²) in [6.07, 6.45) is 0. The van der Waals surface area contributed by atoms with Crippen LogP contribution in [0.3, 0.4) is 0 Å². The number of benzene rings is 2. The molecule has 0 unspecified atom stereocenters. The van der Waals surface area contributed by atoms with Crippen molar-refractivity contribution in [3.63, 3.8) is 0 Å². The monoisotopic (exact) mass is 420 g/mol. The number of carbonyl (C=O) groups excluding carboxylic acids is 1. The molecule has 1 amide bonds. The number of amides is 1. The highest BCUT2D eigenvalue weighted by atomic mass is 35.5. The number of ether oxygens (including phenoxy) is 1. The summed E-state index contributed by atoms with van der Waals surface area (Å²) in [5.41, 5.74) is 1.58. The number of fused-ring (bicyclic) bond motifs is 1. The van der Waals surface area contributed by atoms with Gasteiger partial charge in [-0.15, -0.1) is 11.8 Å². The van der Waals surface area contributed by atoms with Gasteiger partial charge in [0.15, 0.2) is 4.80 Å². The fraction of sp³-hybridized carbons (Fsp3) is 0.300. The third kappa shape index (κ3) is 5.02. The molecule has 0 saturated carbocycles. The Morgan fingerprint density at radius 2 is 2.00 bits per heavy atom. The van der Waals surface area contributed by atoms with Gasteiger partial charge >= 0.3 is 0 Å². The van der Waals surface area contributed by atoms with Gasteiger partial charge in [0.25, 0.3) is 5.91 Å². The first-order valence-electron chi connectivity index (χ1n) is 8.61. The molecule has 4 nitrogen and oxygen atoms in total. The van der Waals surface area contributed by atoms with Gasteiger partial charge in [0.1, 0.15) is 0 Å². The Hall–Kier alpha value is -1.60. The molecule has 0 N–H and O–H groups in total. The summed E-state index contributed by atoms with van der Waals surface area (Å²) in [6, 6.07) is 13.3. The van der Waals surface area contributed by atoms with Crippen molar-refractivity contribution in [3.05, 3.63) is 57.9 Å². The molecular weight excluding hydrogens is 400 g/mol. The van der Waals surface area contributed by atoms with Crippen molar-refractivity contribution in [2.45, 2.75) is 30.5 Å². The first-order valence-corrected chi connectivity index (χ1v) is 10.7. The molecule has 1 aromatic heterocycles. The van der Waals surface area contributed by atoms with E-state index >= 15 is 0 Å². The molecule has 7 heteroatoms. The van der Waals surface area contributed by atoms with Crippen LogP contribution < -0.4 is 4.80 Å². The van der Waals surface area contributed by atoms with Crippen molar-refractivity contribution in [2.75, 3.05) is 13.7 Å². The molecular formula is C20H21ClN2O2S2. The molecule has 0 aliphatic rings. The Kier molecular flexibility index (Phi) is 6.76. The van der Waals surface area contributed by atoms with Crippen LogP contribution in [0.15, 0.2) is 52.4 Å². The quantitative estimate of drug-likeness (QED) is 0.512. The molecule has 0 saturated heterocycles. The molecule has 0 fully saturated rings. The highest BCUT2D eigenvalue weighted by molar-refractivity contribution is 7.99. The second kappa shape index (κ2) is 9.06. The lowest BCUT2D eigenvalue weighted by atomic mass is 10.2. The lowest BCUT2D eigenvalue weighted by Gasteiger charge is -2.05. The number of hydrogen-bond donors (Lipinski definition) is 0. The zero-order chi connectivity index (χ0) is 19.4. The molecule has 0 spiro atoms. The second-order valence-corrected chi connectivity index (χ2v) is 9.34. The van der Waals surface area contributed by atoms with Gasteiger partial charge < -0.3 is 9.30 Å². The number of halogens is 1. The average Bonchev–Trinajstić information content (AvgIpc) is 2.96. The number of carbonyl (C=O) groups is 1. The van der Waals surface area contributed by atoms with Crippen LogP contribution in [0.1, 0.15) is 24.2 Å². The normalized spacial score (nSPS) is 12.3. The van der Waals surface area contributed by atoms with Crippen molar-refractivity contribution in [2.24, 2.45) is 4.99 Å². The SMILES string of the molecule is COCCn1c(=NC(=O)c2ccc(SC(C)C)cc2)sc2cc(Cl)ccc21. The van der Waals surface area contributed by atoms with Crippen molar-refractivity contribution >= 4 is 50.8 Å². The largest absolute Gasteiger partial charge is 0.383 e. The molecule has 0 aliphatic heterocycles. The maximum atomic E-state index is 12.7. The van der Waals surface area contributed by atoms with Crippen molar-refractivity contribution < 1.29 is 9.53 Å². The smallest absolute Gasteiger partial charge is 0.279 e. The summed E-state index contributed by atoms with van der Waals surface area (Å²) in [5, 5.41) is 1.17. The zero-order valence-electron chi connectivity index (χ0n) is 15.4. The van der Waals surface area contributed by atoms with Crippen LogP contribution in [0, 0.1) is 0 Å². The highest BCUT2D eigenvalue weighted by Gasteiger charge is 2.10. The van der Waals surface area contributed by atoms with E-state index in [9.17, 15) is 4.79 Å². The predicted octanol–water partition coefficient (Wildman–Crippen LogP) is 5.24. The number of methoxy groups -OCH3 is 1. The standard InChI is InChI=1S/C20H21ClN2O2S2/c1-13(2)26-16-7-4-14(5-8-16)19(24)22-20-23(10-11-25-3)17-9-6-15(21)12-18(17)27-20/h4-9,12-13H,10-11H2,1-3H3. The molecule has 0 bridgehead atoms. The second-order valence-electron chi connectivity index (χ2n) is 6.25. The van der Waals surface area contributed by atoms with Crippen molar-refractivity contribution in [1.82, 2.24) is 4.57 Å². The lowest BCUT2D eigenvalue weighted by Crippen LogP contribution is -2.19. The topological polar surface area (TPSA) is 43.6 Å². The van der Waals surface area contributed by atoms with E-state index in [1.54, 1.807) is 18.9 Å². The lowest BCUT2D eigenvalue weighted by molar-refractivity contribution is 0.0997. The van der Waals surface area contributed by atoms with Crippen LogP contribution in [0.2, 0.25) is 5.02 Å². The molecule has 142 valence electrons. The summed E-state index contributed by atoms with van der Waals surface area (Å²) >= 11 is 9.33. The van der Waals surface area contributed by atoms with Crippen LogP contribution in [0.4, 0.5) is 0 Å². The molecule has 0 aliphatic carbocycles. The van der Waals surface area contributed by atoms with Gasteiger partial charge in [-0.25, -0.2) is 0 Å². The number of thiazole rings is 1. The fourth-order valence-corrected chi connectivity index (χ4v) is 4.80. The van der Waals surface area contributed by atoms with Crippen LogP contribution >= 0.6 is 34.7 Å². The number of hydrogen-bond acceptors (Lipinski definition) is 4. The molecule has 3 rings (SSSR count). The van der Waals surface area contributed by atoms with Crippen molar-refractivity contribution in [1.29, 1.82) is 0 Å². The van der Waals surface area contributed by atoms with Crippen LogP contribution in [0.5, 0.6) is 0 Å². The van der Waals surface area contributed by atoms with Crippen LogP contribution in [-0.4, -0.2) is 29.4 Å². The molecule has 0 atom stereocenters. The van der Waals surface area contributed by atoms with Gasteiger partial charge in [-0.3, -0.25) is 4.79 Å². The third-order valence-electron chi connectivity index (χ3n) is 3.83. The molecule has 0 radical (unpaired) electrons. The predicted molar refractivity (Wildman–Crippen MR) is 114 cm³/mol. The summed E-state index contributed by atoms with van der Waals surface area (Å²) in [6.45, 7) is 5.45. The maximum Gasteiger partial charge on any atom is 0.279 e. The first-order chi connectivity index (χ1) is 13.0. The fourth-order valence-electron chi connectivity index (χ4n) is 2.63. The average molecular weight is 421 g/mol. The number of thioether (sulfide) groups is 1. The van der Waals surface area contributed by atoms with Crippen LogP contribution in [0.25, 0.3) is 10.2 Å². The van der Waals surface area contributed by atoms with E-state index in [1.165, 1.54) is 11.3 Å². The minimum Gasteiger partial charge on any atom is -0.383 e. The van der Waals surface area contributed by atoms with E-state index in [-0.39, 0.29) is 5.91 Å². The zero-order valence-corrected chi connectivity index (χ0v) is 17.8. The van der Waals surface area contributed by atoms with E-state index in [0.717, 1.165) is 15.1 Å². The third-order valence-corrected chi connectivity index (χ3v) is 6.13. The van der Waals surface area contributed by atoms with E-state index in [0.29, 0.717) is 33.8 Å². The Balaban J connectivity index is 1.97. The van der Waals surface area contributed by atoms with Gasteiger partial charge in [0.2, 0.25) is 0 Å². The summed E-state index contributed by atoms with van der Waals surface area (Å²) < 4.78 is 8.20. The first kappa shape index (κ1) is 20.1. The van der Waals surface area contributed by atoms with Gasteiger partial charge in [0, 0.05) is 34.4 Å². The van der Waals surface area contributed by atoms with Crippen LogP contribution in [-0.2, 0) is 11.3 Å². The van der Waals surface area contributed by atoms with E-state index in [4.69, 9.17) is 16.3 Å². The summed E-state index contributed by atoms with van der Waals surface area (Å²) in [7, 11) is 1.66. The summed E-state index contributed by atoms with van der Waals surface area (Å²) in [5.74, 6) is -0.250. The van der Waals surface area contributed by atoms with Crippen molar-refractivity contribution in [3.8, 4) is 0 Å². The number of rotatable bonds is 6. The van der Waals surface area contributed by atoms with E-state index < -0.39 is 0 Å².